The highest BCUT2D eigenvalue weighted by Crippen LogP contribution is 2.01. The Labute approximate surface area is 103 Å². The van der Waals surface area contributed by atoms with Gasteiger partial charge < -0.3 is 0 Å². The van der Waals surface area contributed by atoms with Gasteiger partial charge in [-0.2, -0.15) is 0 Å². The zero-order chi connectivity index (χ0) is 12.7. The molecule has 17 heavy (non-hydrogen) atoms. The first-order chi connectivity index (χ1) is 8.13. The Morgan fingerprint density at radius 3 is 2.82 bits per heavy atom. The van der Waals surface area contributed by atoms with Gasteiger partial charge in [0.2, 0.25) is 0 Å². The van der Waals surface area contributed by atoms with Crippen molar-refractivity contribution in [2.24, 2.45) is 0 Å². The monoisotopic (exact) mass is 255 g/mol. The number of carbonyl (C=O) groups is 1. The van der Waals surface area contributed by atoms with Gasteiger partial charge in [-0.3, -0.25) is 19.4 Å². The second-order valence-electron chi connectivity index (χ2n) is 3.63. The van der Waals surface area contributed by atoms with Crippen LogP contribution in [-0.2, 0) is 21.3 Å². The number of hydrogen-bond donors (Lipinski definition) is 2. The van der Waals surface area contributed by atoms with Gasteiger partial charge >= 0.3 is 0 Å². The van der Waals surface area contributed by atoms with Gasteiger partial charge in [0.15, 0.2) is 0 Å². The highest BCUT2D eigenvalue weighted by Gasteiger charge is 2.16. The van der Waals surface area contributed by atoms with Crippen LogP contribution in [0.25, 0.3) is 0 Å². The van der Waals surface area contributed by atoms with Gasteiger partial charge in [0.1, 0.15) is 5.78 Å². The lowest BCUT2D eigenvalue weighted by Gasteiger charge is -2.14. The van der Waals surface area contributed by atoms with E-state index in [0.29, 0.717) is 5.75 Å². The van der Waals surface area contributed by atoms with E-state index in [-0.39, 0.29) is 11.5 Å². The van der Waals surface area contributed by atoms with Crippen LogP contribution in [0.4, 0.5) is 0 Å². The minimum atomic E-state index is -1.11. The fourth-order valence-corrected chi connectivity index (χ4v) is 2.64. The quantitative estimate of drug-likeness (QED) is 0.672. The zero-order valence-electron chi connectivity index (χ0n) is 9.97. The minimum absolute atomic E-state index is 0.0336. The Morgan fingerprint density at radius 2 is 2.29 bits per heavy atom. The fraction of sp³-hybridized carbons (Fsp3) is 0.455. The molecular formula is C11H17N3O2S. The second-order valence-corrected chi connectivity index (χ2v) is 5.13. The van der Waals surface area contributed by atoms with E-state index in [1.165, 1.54) is 6.92 Å². The number of rotatable bonds is 7. The highest BCUT2D eigenvalue weighted by molar-refractivity contribution is 7.84. The SMILES string of the molecule is CNNC(CS(=O)Cc1ccccn1)C(C)=O. The lowest BCUT2D eigenvalue weighted by Crippen LogP contribution is -2.46. The Kier molecular flexibility index (Phi) is 5.96. The lowest BCUT2D eigenvalue weighted by atomic mass is 10.2. The molecule has 2 unspecified atom stereocenters. The maximum absolute atomic E-state index is 11.9. The molecule has 1 heterocycles. The standard InChI is InChI=1S/C11H17N3O2S/c1-9(15)11(14-12-2)8-17(16)7-10-5-3-4-6-13-10/h3-6,11-12,14H,7-8H2,1-2H3. The van der Waals surface area contributed by atoms with Gasteiger partial charge in [-0.15, -0.1) is 0 Å². The molecule has 0 radical (unpaired) electrons. The average Bonchev–Trinajstić information content (AvgIpc) is 2.29. The van der Waals surface area contributed by atoms with Crippen molar-refractivity contribution in [3.05, 3.63) is 30.1 Å². The number of aromatic nitrogens is 1. The number of carbonyl (C=O) groups excluding carboxylic acids is 1. The van der Waals surface area contributed by atoms with E-state index < -0.39 is 16.8 Å². The Morgan fingerprint density at radius 1 is 1.53 bits per heavy atom. The topological polar surface area (TPSA) is 71.1 Å². The summed E-state index contributed by atoms with van der Waals surface area (Å²) in [6, 6.07) is 5.07. The maximum atomic E-state index is 11.9. The molecule has 6 heteroatoms. The van der Waals surface area contributed by atoms with Crippen LogP contribution in [0.1, 0.15) is 12.6 Å². The van der Waals surface area contributed by atoms with Gasteiger partial charge in [-0.25, -0.2) is 5.43 Å². The summed E-state index contributed by atoms with van der Waals surface area (Å²) >= 11 is 0. The molecule has 0 amide bonds. The summed E-state index contributed by atoms with van der Waals surface area (Å²) in [5.41, 5.74) is 6.26. The Bertz CT molecular complexity index is 384. The smallest absolute Gasteiger partial charge is 0.148 e. The van der Waals surface area contributed by atoms with E-state index >= 15 is 0 Å². The molecule has 2 N–H and O–H groups in total. The zero-order valence-corrected chi connectivity index (χ0v) is 10.8. The number of Topliss-reactive ketones (excluding diaryl/α,β-unsaturated/α-hetero) is 1. The van der Waals surface area contributed by atoms with Crippen LogP contribution in [0, 0.1) is 0 Å². The number of hydrogen-bond acceptors (Lipinski definition) is 5. The molecule has 0 saturated heterocycles. The largest absolute Gasteiger partial charge is 0.298 e. The van der Waals surface area contributed by atoms with E-state index in [1.807, 2.05) is 18.2 Å². The number of ketones is 1. The first kappa shape index (κ1) is 14.0. The molecule has 1 rings (SSSR count). The fourth-order valence-electron chi connectivity index (χ4n) is 1.33. The van der Waals surface area contributed by atoms with Crippen LogP contribution in [0.15, 0.2) is 24.4 Å². The number of hydrazine groups is 1. The summed E-state index contributed by atoms with van der Waals surface area (Å²) in [4.78, 5) is 15.4. The first-order valence-corrected chi connectivity index (χ1v) is 6.80. The van der Waals surface area contributed by atoms with E-state index in [1.54, 1.807) is 13.2 Å². The molecule has 1 aromatic rings. The third kappa shape index (κ3) is 5.16. The lowest BCUT2D eigenvalue weighted by molar-refractivity contribution is -0.118. The normalized spacial score (nSPS) is 14.2. The summed E-state index contributed by atoms with van der Waals surface area (Å²) in [7, 11) is 0.569. The van der Waals surface area contributed by atoms with Crippen molar-refractivity contribution < 1.29 is 9.00 Å². The second kappa shape index (κ2) is 7.26. The first-order valence-electron chi connectivity index (χ1n) is 5.31. The molecule has 1 aromatic heterocycles. The number of pyridine rings is 1. The summed E-state index contributed by atoms with van der Waals surface area (Å²) in [5, 5.41) is 0. The van der Waals surface area contributed by atoms with Crippen molar-refractivity contribution >= 4 is 16.6 Å². The highest BCUT2D eigenvalue weighted by atomic mass is 32.2. The molecule has 94 valence electrons. The number of nitrogens with zero attached hydrogens (tertiary/aromatic N) is 1. The predicted molar refractivity (Wildman–Crippen MR) is 67.6 cm³/mol. The molecule has 0 fully saturated rings. The van der Waals surface area contributed by atoms with Crippen molar-refractivity contribution in [1.82, 2.24) is 15.8 Å². The predicted octanol–water partition coefficient (Wildman–Crippen LogP) is 0.0119. The van der Waals surface area contributed by atoms with Crippen LogP contribution in [-0.4, -0.2) is 33.8 Å². The number of nitrogens with one attached hydrogen (secondary N) is 2. The van der Waals surface area contributed by atoms with Crippen molar-refractivity contribution in [1.29, 1.82) is 0 Å². The van der Waals surface area contributed by atoms with Crippen LogP contribution < -0.4 is 10.9 Å². The molecule has 0 aliphatic rings. The molecule has 0 aliphatic heterocycles. The maximum Gasteiger partial charge on any atom is 0.148 e. The van der Waals surface area contributed by atoms with E-state index in [9.17, 15) is 9.00 Å². The van der Waals surface area contributed by atoms with Gasteiger partial charge in [0.05, 0.1) is 17.5 Å². The van der Waals surface area contributed by atoms with Crippen LogP contribution >= 0.6 is 0 Å². The van der Waals surface area contributed by atoms with Crippen molar-refractivity contribution in [3.8, 4) is 0 Å². The molecular weight excluding hydrogens is 238 g/mol. The molecule has 0 saturated carbocycles. The summed E-state index contributed by atoms with van der Waals surface area (Å²) < 4.78 is 11.9. The Hall–Kier alpha value is -1.11. The van der Waals surface area contributed by atoms with E-state index in [2.05, 4.69) is 15.8 Å². The average molecular weight is 255 g/mol. The van der Waals surface area contributed by atoms with Crippen LogP contribution in [0.5, 0.6) is 0 Å². The summed E-state index contributed by atoms with van der Waals surface area (Å²) in [6.07, 6.45) is 1.67. The van der Waals surface area contributed by atoms with Crippen molar-refractivity contribution in [3.63, 3.8) is 0 Å². The Balaban J connectivity index is 2.51. The van der Waals surface area contributed by atoms with Crippen molar-refractivity contribution in [2.45, 2.75) is 18.7 Å². The third-order valence-electron chi connectivity index (χ3n) is 2.20. The van der Waals surface area contributed by atoms with Gasteiger partial charge in [-0.05, 0) is 26.1 Å². The van der Waals surface area contributed by atoms with Gasteiger partial charge in [0, 0.05) is 22.7 Å². The molecule has 0 bridgehead atoms. The van der Waals surface area contributed by atoms with Crippen LogP contribution in [0.3, 0.4) is 0 Å². The van der Waals surface area contributed by atoms with Gasteiger partial charge in [-0.1, -0.05) is 6.07 Å². The van der Waals surface area contributed by atoms with Gasteiger partial charge in [0.25, 0.3) is 0 Å². The van der Waals surface area contributed by atoms with Crippen LogP contribution in [0.2, 0.25) is 0 Å². The molecule has 0 spiro atoms. The van der Waals surface area contributed by atoms with Crippen molar-refractivity contribution in [2.75, 3.05) is 12.8 Å². The molecule has 0 aromatic carbocycles. The molecule has 0 aliphatic carbocycles. The minimum Gasteiger partial charge on any atom is -0.298 e. The molecule has 5 nitrogen and oxygen atoms in total. The van der Waals surface area contributed by atoms with E-state index in [0.717, 1.165) is 5.69 Å². The third-order valence-corrected chi connectivity index (χ3v) is 3.52. The summed E-state index contributed by atoms with van der Waals surface area (Å²) in [6.45, 7) is 1.48. The molecule has 2 atom stereocenters. The summed E-state index contributed by atoms with van der Waals surface area (Å²) in [5.74, 6) is 0.622. The van der Waals surface area contributed by atoms with E-state index in [4.69, 9.17) is 0 Å².